The van der Waals surface area contributed by atoms with E-state index in [1.807, 2.05) is 13.8 Å². The van der Waals surface area contributed by atoms with Crippen LogP contribution in [-0.4, -0.2) is 43.9 Å². The van der Waals surface area contributed by atoms with Crippen molar-refractivity contribution in [1.29, 1.82) is 0 Å². The highest BCUT2D eigenvalue weighted by molar-refractivity contribution is 7.89. The van der Waals surface area contributed by atoms with Crippen LogP contribution >= 0.6 is 0 Å². The number of rotatable bonds is 4. The summed E-state index contributed by atoms with van der Waals surface area (Å²) in [5.74, 6) is -0.0796. The van der Waals surface area contributed by atoms with Crippen LogP contribution in [0.5, 0.6) is 5.75 Å². The third-order valence-corrected chi connectivity index (χ3v) is 6.10. The summed E-state index contributed by atoms with van der Waals surface area (Å²) < 4.78 is 31.9. The Kier molecular flexibility index (Phi) is 4.65. The number of benzene rings is 1. The number of nitro benzene ring substituents is 1. The minimum atomic E-state index is -3.76. The van der Waals surface area contributed by atoms with E-state index in [0.29, 0.717) is 19.5 Å². The molecule has 0 amide bonds. The first-order chi connectivity index (χ1) is 10.6. The molecule has 1 aromatic rings. The second-order valence-corrected chi connectivity index (χ2v) is 8.25. The Labute approximate surface area is 135 Å². The molecular weight excluding hydrogens is 322 g/mol. The van der Waals surface area contributed by atoms with Gasteiger partial charge in [-0.05, 0) is 17.9 Å². The van der Waals surface area contributed by atoms with Crippen LogP contribution in [-0.2, 0) is 10.0 Å². The van der Waals surface area contributed by atoms with Crippen LogP contribution in [0.2, 0.25) is 0 Å². The molecule has 0 aromatic heterocycles. The number of nitrogens with zero attached hydrogens (tertiary/aromatic N) is 2. The van der Waals surface area contributed by atoms with E-state index in [9.17, 15) is 18.5 Å². The molecule has 1 atom stereocenters. The minimum absolute atomic E-state index is 0.0220. The summed E-state index contributed by atoms with van der Waals surface area (Å²) in [6.45, 7) is 4.48. The Morgan fingerprint density at radius 2 is 2.09 bits per heavy atom. The van der Waals surface area contributed by atoms with Crippen LogP contribution in [0, 0.1) is 15.5 Å². The Balaban J connectivity index is 2.39. The monoisotopic (exact) mass is 343 g/mol. The molecule has 2 rings (SSSR count). The first kappa shape index (κ1) is 17.6. The third-order valence-electron chi connectivity index (χ3n) is 4.26. The maximum absolute atomic E-state index is 12.8. The molecule has 0 aliphatic carbocycles. The van der Waals surface area contributed by atoms with Crippen molar-refractivity contribution in [1.82, 2.24) is 4.31 Å². The molecule has 23 heavy (non-hydrogen) atoms. The van der Waals surface area contributed by atoms with Crippen LogP contribution in [0.3, 0.4) is 0 Å². The highest BCUT2D eigenvalue weighted by atomic mass is 32.2. The lowest BCUT2D eigenvalue weighted by Crippen LogP contribution is -2.53. The number of sulfonamides is 1. The van der Waals surface area contributed by atoms with Gasteiger partial charge in [0, 0.05) is 31.3 Å². The van der Waals surface area contributed by atoms with Crippen molar-refractivity contribution in [2.75, 3.05) is 20.2 Å². The average Bonchev–Trinajstić information content (AvgIpc) is 2.48. The van der Waals surface area contributed by atoms with Crippen LogP contribution in [0.15, 0.2) is 23.1 Å². The number of nitro groups is 1. The lowest BCUT2D eigenvalue weighted by molar-refractivity contribution is -0.385. The van der Waals surface area contributed by atoms with Crippen molar-refractivity contribution in [2.24, 2.45) is 11.1 Å². The predicted octanol–water partition coefficient (Wildman–Crippen LogP) is 1.35. The van der Waals surface area contributed by atoms with Crippen LogP contribution in [0.25, 0.3) is 0 Å². The zero-order valence-corrected chi connectivity index (χ0v) is 14.2. The molecule has 128 valence electrons. The molecule has 1 aliphatic rings. The highest BCUT2D eigenvalue weighted by Gasteiger charge is 2.39. The standard InChI is InChI=1S/C14H21N3O5S/c1-14(2)9-16(7-6-13(14)15)23(20,21)10-4-5-11(17(18)19)12(8-10)22-3/h4-5,8,13H,6-7,9,15H2,1-3H3. The quantitative estimate of drug-likeness (QED) is 0.651. The van der Waals surface area contributed by atoms with Gasteiger partial charge in [-0.1, -0.05) is 13.8 Å². The summed E-state index contributed by atoms with van der Waals surface area (Å²) in [7, 11) is -2.49. The fraction of sp³-hybridized carbons (Fsp3) is 0.571. The maximum atomic E-state index is 12.8. The molecular formula is C14H21N3O5S. The van der Waals surface area contributed by atoms with Gasteiger partial charge < -0.3 is 10.5 Å². The Morgan fingerprint density at radius 3 is 2.61 bits per heavy atom. The van der Waals surface area contributed by atoms with Crippen molar-refractivity contribution in [3.63, 3.8) is 0 Å². The summed E-state index contributed by atoms with van der Waals surface area (Å²) in [4.78, 5) is 10.3. The van der Waals surface area contributed by atoms with E-state index >= 15 is 0 Å². The predicted molar refractivity (Wildman–Crippen MR) is 84.8 cm³/mol. The summed E-state index contributed by atoms with van der Waals surface area (Å²) >= 11 is 0. The van der Waals surface area contributed by atoms with Crippen LogP contribution in [0.1, 0.15) is 20.3 Å². The number of nitrogens with two attached hydrogens (primary N) is 1. The highest BCUT2D eigenvalue weighted by Crippen LogP contribution is 2.34. The lowest BCUT2D eigenvalue weighted by Gasteiger charge is -2.41. The van der Waals surface area contributed by atoms with Gasteiger partial charge >= 0.3 is 5.69 Å². The second kappa shape index (κ2) is 6.06. The Bertz CT molecular complexity index is 717. The van der Waals surface area contributed by atoms with Crippen molar-refractivity contribution in [3.05, 3.63) is 28.3 Å². The molecule has 0 saturated carbocycles. The summed E-state index contributed by atoms with van der Waals surface area (Å²) in [6.07, 6.45) is 0.566. The number of methoxy groups -OCH3 is 1. The van der Waals surface area contributed by atoms with E-state index in [1.165, 1.54) is 23.5 Å². The van der Waals surface area contributed by atoms with Gasteiger partial charge in [0.05, 0.1) is 16.9 Å². The number of ether oxygens (including phenoxy) is 1. The molecule has 1 heterocycles. The molecule has 1 fully saturated rings. The molecule has 2 N–H and O–H groups in total. The van der Waals surface area contributed by atoms with Crippen molar-refractivity contribution < 1.29 is 18.1 Å². The van der Waals surface area contributed by atoms with E-state index in [-0.39, 0.29) is 27.8 Å². The third kappa shape index (κ3) is 3.31. The number of hydrogen-bond acceptors (Lipinski definition) is 6. The summed E-state index contributed by atoms with van der Waals surface area (Å²) in [6, 6.07) is 3.50. The number of hydrogen-bond donors (Lipinski definition) is 1. The zero-order valence-electron chi connectivity index (χ0n) is 13.4. The zero-order chi connectivity index (χ0) is 17.4. The molecule has 1 unspecified atom stereocenters. The van der Waals surface area contributed by atoms with E-state index < -0.39 is 14.9 Å². The first-order valence-electron chi connectivity index (χ1n) is 7.18. The molecule has 0 spiro atoms. The van der Waals surface area contributed by atoms with E-state index in [2.05, 4.69) is 0 Å². The summed E-state index contributed by atoms with van der Waals surface area (Å²) in [5.41, 5.74) is 5.43. The molecule has 1 aliphatic heterocycles. The lowest BCUT2D eigenvalue weighted by atomic mass is 9.81. The van der Waals surface area contributed by atoms with Gasteiger partial charge in [0.2, 0.25) is 10.0 Å². The average molecular weight is 343 g/mol. The largest absolute Gasteiger partial charge is 0.490 e. The molecule has 0 bridgehead atoms. The van der Waals surface area contributed by atoms with Gasteiger partial charge in [0.25, 0.3) is 0 Å². The van der Waals surface area contributed by atoms with Crippen LogP contribution in [0.4, 0.5) is 5.69 Å². The Morgan fingerprint density at radius 1 is 1.43 bits per heavy atom. The fourth-order valence-corrected chi connectivity index (χ4v) is 4.29. The van der Waals surface area contributed by atoms with E-state index in [4.69, 9.17) is 10.5 Å². The smallest absolute Gasteiger partial charge is 0.310 e. The van der Waals surface area contributed by atoms with Crippen molar-refractivity contribution in [2.45, 2.75) is 31.2 Å². The van der Waals surface area contributed by atoms with Crippen LogP contribution < -0.4 is 10.5 Å². The SMILES string of the molecule is COc1cc(S(=O)(=O)N2CCC(N)C(C)(C)C2)ccc1[N+](=O)[O-]. The Hall–Kier alpha value is -1.71. The fourth-order valence-electron chi connectivity index (χ4n) is 2.65. The van der Waals surface area contributed by atoms with Gasteiger partial charge in [-0.2, -0.15) is 4.31 Å². The second-order valence-electron chi connectivity index (χ2n) is 6.31. The minimum Gasteiger partial charge on any atom is -0.490 e. The van der Waals surface area contributed by atoms with Gasteiger partial charge in [0.15, 0.2) is 5.75 Å². The molecule has 1 aromatic carbocycles. The van der Waals surface area contributed by atoms with Crippen molar-refractivity contribution >= 4 is 15.7 Å². The molecule has 0 radical (unpaired) electrons. The molecule has 1 saturated heterocycles. The van der Waals surface area contributed by atoms with Gasteiger partial charge in [-0.15, -0.1) is 0 Å². The number of piperidine rings is 1. The molecule has 8 nitrogen and oxygen atoms in total. The van der Waals surface area contributed by atoms with Gasteiger partial charge in [-0.3, -0.25) is 10.1 Å². The summed E-state index contributed by atoms with van der Waals surface area (Å²) in [5, 5.41) is 10.9. The molecule has 9 heteroatoms. The topological polar surface area (TPSA) is 116 Å². The van der Waals surface area contributed by atoms with Crippen molar-refractivity contribution in [3.8, 4) is 5.75 Å². The first-order valence-corrected chi connectivity index (χ1v) is 8.62. The van der Waals surface area contributed by atoms with Gasteiger partial charge in [-0.25, -0.2) is 8.42 Å². The normalized spacial score (nSPS) is 21.8. The van der Waals surface area contributed by atoms with Gasteiger partial charge in [0.1, 0.15) is 0 Å². The van der Waals surface area contributed by atoms with E-state index in [1.54, 1.807) is 0 Å². The van der Waals surface area contributed by atoms with E-state index in [0.717, 1.165) is 6.07 Å². The maximum Gasteiger partial charge on any atom is 0.310 e.